The zero-order chi connectivity index (χ0) is 15.9. The summed E-state index contributed by atoms with van der Waals surface area (Å²) in [5.41, 5.74) is 2.45. The van der Waals surface area contributed by atoms with Gasteiger partial charge in [0.1, 0.15) is 0 Å². The van der Waals surface area contributed by atoms with Gasteiger partial charge in [-0.2, -0.15) is 0 Å². The van der Waals surface area contributed by atoms with Gasteiger partial charge in [0.2, 0.25) is 0 Å². The molecular formula is C17H27N3O2. The number of hydrogen-bond donors (Lipinski definition) is 2. The van der Waals surface area contributed by atoms with E-state index in [9.17, 15) is 4.79 Å². The van der Waals surface area contributed by atoms with Crippen molar-refractivity contribution in [3.63, 3.8) is 0 Å². The number of nitrogens with zero attached hydrogens (tertiary/aromatic N) is 1. The predicted octanol–water partition coefficient (Wildman–Crippen LogP) is 2.08. The Bertz CT molecular complexity index is 467. The van der Waals surface area contributed by atoms with Crippen molar-refractivity contribution in [3.8, 4) is 0 Å². The molecule has 1 aromatic rings. The second-order valence-electron chi connectivity index (χ2n) is 6.13. The first-order chi connectivity index (χ1) is 10.6. The molecule has 1 heterocycles. The molecule has 0 spiro atoms. The quantitative estimate of drug-likeness (QED) is 0.876. The number of carbonyl (C=O) groups excluding carboxylic acids is 1. The molecule has 0 radical (unpaired) electrons. The third-order valence-electron chi connectivity index (χ3n) is 4.10. The zero-order valence-electron chi connectivity index (χ0n) is 13.8. The number of likely N-dealkylation sites (N-methyl/N-ethyl adjacent to an activating group) is 1. The number of amides is 2. The summed E-state index contributed by atoms with van der Waals surface area (Å²) in [7, 11) is 4.06. The standard InChI is InChI=1S/C17H27N3O2/c1-13-4-6-14(7-5-13)16(20(2)3)12-18-17(21)19-15-8-10-22-11-9-15/h4-7,15-16H,8-12H2,1-3H3,(H2,18,19,21). The summed E-state index contributed by atoms with van der Waals surface area (Å²) in [6.45, 7) is 4.13. The second-order valence-corrected chi connectivity index (χ2v) is 6.13. The molecule has 122 valence electrons. The van der Waals surface area contributed by atoms with Crippen LogP contribution in [0.2, 0.25) is 0 Å². The molecule has 0 bridgehead atoms. The predicted molar refractivity (Wildman–Crippen MR) is 88.0 cm³/mol. The fraction of sp³-hybridized carbons (Fsp3) is 0.588. The van der Waals surface area contributed by atoms with Crippen LogP contribution in [0.5, 0.6) is 0 Å². The first-order valence-corrected chi connectivity index (χ1v) is 7.91. The lowest BCUT2D eigenvalue weighted by Crippen LogP contribution is -2.46. The largest absolute Gasteiger partial charge is 0.381 e. The van der Waals surface area contributed by atoms with E-state index in [1.165, 1.54) is 11.1 Å². The Kier molecular flexibility index (Phi) is 6.21. The van der Waals surface area contributed by atoms with Crippen LogP contribution in [0.15, 0.2) is 24.3 Å². The minimum absolute atomic E-state index is 0.0918. The van der Waals surface area contributed by atoms with Crippen molar-refractivity contribution in [3.05, 3.63) is 35.4 Å². The monoisotopic (exact) mass is 305 g/mol. The number of ether oxygens (including phenoxy) is 1. The molecule has 0 saturated carbocycles. The lowest BCUT2D eigenvalue weighted by atomic mass is 10.0. The molecule has 2 amide bonds. The molecule has 1 aromatic carbocycles. The smallest absolute Gasteiger partial charge is 0.315 e. The molecule has 0 aliphatic carbocycles. The topological polar surface area (TPSA) is 53.6 Å². The Hall–Kier alpha value is -1.59. The number of benzene rings is 1. The Labute approximate surface area is 133 Å². The van der Waals surface area contributed by atoms with Gasteiger partial charge < -0.3 is 20.3 Å². The van der Waals surface area contributed by atoms with Crippen LogP contribution < -0.4 is 10.6 Å². The van der Waals surface area contributed by atoms with Crippen LogP contribution in [-0.2, 0) is 4.74 Å². The first kappa shape index (κ1) is 16.8. The van der Waals surface area contributed by atoms with Gasteiger partial charge in [-0.15, -0.1) is 0 Å². The van der Waals surface area contributed by atoms with E-state index in [2.05, 4.69) is 46.7 Å². The lowest BCUT2D eigenvalue weighted by Gasteiger charge is -2.27. The Morgan fingerprint density at radius 1 is 1.27 bits per heavy atom. The summed E-state index contributed by atoms with van der Waals surface area (Å²) in [4.78, 5) is 14.2. The van der Waals surface area contributed by atoms with E-state index >= 15 is 0 Å². The summed E-state index contributed by atoms with van der Waals surface area (Å²) in [5, 5.41) is 6.02. The molecule has 0 aromatic heterocycles. The molecular weight excluding hydrogens is 278 g/mol. The normalized spacial score (nSPS) is 17.3. The number of nitrogens with one attached hydrogen (secondary N) is 2. The fourth-order valence-electron chi connectivity index (χ4n) is 2.65. The van der Waals surface area contributed by atoms with Gasteiger partial charge in [-0.3, -0.25) is 0 Å². The third kappa shape index (κ3) is 5.00. The number of rotatable bonds is 5. The van der Waals surface area contributed by atoms with E-state index in [-0.39, 0.29) is 18.1 Å². The molecule has 2 N–H and O–H groups in total. The number of carbonyl (C=O) groups is 1. The molecule has 5 heteroatoms. The fourth-order valence-corrected chi connectivity index (χ4v) is 2.65. The summed E-state index contributed by atoms with van der Waals surface area (Å²) < 4.78 is 5.30. The lowest BCUT2D eigenvalue weighted by molar-refractivity contribution is 0.0800. The van der Waals surface area contributed by atoms with Crippen molar-refractivity contribution >= 4 is 6.03 Å². The molecule has 22 heavy (non-hydrogen) atoms. The summed E-state index contributed by atoms with van der Waals surface area (Å²) in [5.74, 6) is 0. The van der Waals surface area contributed by atoms with Gasteiger partial charge in [-0.05, 0) is 39.4 Å². The highest BCUT2D eigenvalue weighted by molar-refractivity contribution is 5.74. The van der Waals surface area contributed by atoms with Crippen molar-refractivity contribution in [1.29, 1.82) is 0 Å². The van der Waals surface area contributed by atoms with Crippen LogP contribution in [0, 0.1) is 6.92 Å². The highest BCUT2D eigenvalue weighted by Crippen LogP contribution is 2.17. The highest BCUT2D eigenvalue weighted by atomic mass is 16.5. The van der Waals surface area contributed by atoms with E-state index in [1.807, 2.05) is 14.1 Å². The Morgan fingerprint density at radius 2 is 1.91 bits per heavy atom. The van der Waals surface area contributed by atoms with Crippen molar-refractivity contribution in [2.75, 3.05) is 33.9 Å². The van der Waals surface area contributed by atoms with Crippen LogP contribution in [-0.4, -0.2) is 50.8 Å². The number of hydrogen-bond acceptors (Lipinski definition) is 3. The molecule has 2 rings (SSSR count). The van der Waals surface area contributed by atoms with Crippen LogP contribution in [0.1, 0.15) is 30.0 Å². The van der Waals surface area contributed by atoms with Crippen molar-refractivity contribution < 1.29 is 9.53 Å². The van der Waals surface area contributed by atoms with E-state index in [0.717, 1.165) is 26.1 Å². The van der Waals surface area contributed by atoms with Gasteiger partial charge in [-0.25, -0.2) is 4.79 Å². The summed E-state index contributed by atoms with van der Waals surface area (Å²) >= 11 is 0. The van der Waals surface area contributed by atoms with Crippen LogP contribution in [0.25, 0.3) is 0 Å². The van der Waals surface area contributed by atoms with Gasteiger partial charge in [0, 0.05) is 25.8 Å². The first-order valence-electron chi connectivity index (χ1n) is 7.91. The van der Waals surface area contributed by atoms with Crippen LogP contribution in [0.4, 0.5) is 4.79 Å². The molecule has 1 fully saturated rings. The highest BCUT2D eigenvalue weighted by Gasteiger charge is 2.18. The van der Waals surface area contributed by atoms with Gasteiger partial charge in [0.25, 0.3) is 0 Å². The molecule has 1 unspecified atom stereocenters. The maximum atomic E-state index is 12.0. The average Bonchev–Trinajstić information content (AvgIpc) is 2.50. The van der Waals surface area contributed by atoms with Crippen LogP contribution in [0.3, 0.4) is 0 Å². The van der Waals surface area contributed by atoms with Gasteiger partial charge in [0.15, 0.2) is 0 Å². The van der Waals surface area contributed by atoms with Crippen molar-refractivity contribution in [1.82, 2.24) is 15.5 Å². The van der Waals surface area contributed by atoms with E-state index in [1.54, 1.807) is 0 Å². The second kappa shape index (κ2) is 8.15. The van der Waals surface area contributed by atoms with Gasteiger partial charge in [-0.1, -0.05) is 29.8 Å². The minimum Gasteiger partial charge on any atom is -0.381 e. The molecule has 1 aliphatic heterocycles. The van der Waals surface area contributed by atoms with E-state index in [4.69, 9.17) is 4.74 Å². The van der Waals surface area contributed by atoms with Crippen LogP contribution >= 0.6 is 0 Å². The minimum atomic E-state index is -0.0918. The molecule has 1 atom stereocenters. The average molecular weight is 305 g/mol. The molecule has 1 saturated heterocycles. The number of urea groups is 1. The summed E-state index contributed by atoms with van der Waals surface area (Å²) in [6.07, 6.45) is 1.78. The van der Waals surface area contributed by atoms with Gasteiger partial charge in [0.05, 0.1) is 6.04 Å². The zero-order valence-corrected chi connectivity index (χ0v) is 13.8. The maximum absolute atomic E-state index is 12.0. The SMILES string of the molecule is Cc1ccc(C(CNC(=O)NC2CCOCC2)N(C)C)cc1. The Morgan fingerprint density at radius 3 is 2.50 bits per heavy atom. The van der Waals surface area contributed by atoms with Gasteiger partial charge >= 0.3 is 6.03 Å². The van der Waals surface area contributed by atoms with E-state index < -0.39 is 0 Å². The Balaban J connectivity index is 1.85. The number of aryl methyl sites for hydroxylation is 1. The van der Waals surface area contributed by atoms with Crippen molar-refractivity contribution in [2.24, 2.45) is 0 Å². The molecule has 5 nitrogen and oxygen atoms in total. The maximum Gasteiger partial charge on any atom is 0.315 e. The molecule has 1 aliphatic rings. The van der Waals surface area contributed by atoms with Crippen molar-refractivity contribution in [2.45, 2.75) is 31.8 Å². The third-order valence-corrected chi connectivity index (χ3v) is 4.10. The summed E-state index contributed by atoms with van der Waals surface area (Å²) in [6, 6.07) is 8.76. The van der Waals surface area contributed by atoms with E-state index in [0.29, 0.717) is 6.54 Å².